The minimum atomic E-state index is -3.67. The number of carbonyl (C=O) groups is 1. The maximum Gasteiger partial charge on any atom is 0.271 e. The van der Waals surface area contributed by atoms with Crippen molar-refractivity contribution < 1.29 is 26.0 Å². The summed E-state index contributed by atoms with van der Waals surface area (Å²) in [6, 6.07) is 16.3. The lowest BCUT2D eigenvalue weighted by Gasteiger charge is -2.18. The van der Waals surface area contributed by atoms with Gasteiger partial charge < -0.3 is 0 Å². The fourth-order valence-corrected chi connectivity index (χ4v) is 6.40. The molecule has 1 amide bonds. The number of hydrogen-bond acceptors (Lipinski definition) is 6. The maximum atomic E-state index is 13.7. The van der Waals surface area contributed by atoms with Gasteiger partial charge in [-0.05, 0) is 55.0 Å². The average molecular weight is 530 g/mol. The van der Waals surface area contributed by atoms with Crippen molar-refractivity contribution in [2.45, 2.75) is 29.7 Å². The van der Waals surface area contributed by atoms with Gasteiger partial charge in [0.1, 0.15) is 5.82 Å². The summed E-state index contributed by atoms with van der Waals surface area (Å²) in [7, 11) is -5.72. The van der Waals surface area contributed by atoms with Gasteiger partial charge in [0.2, 0.25) is 10.0 Å². The number of nitrogens with one attached hydrogen (secondary N) is 1. The molecule has 1 aliphatic heterocycles. The van der Waals surface area contributed by atoms with Crippen LogP contribution in [0.5, 0.6) is 0 Å². The molecule has 0 aliphatic carbocycles. The summed E-state index contributed by atoms with van der Waals surface area (Å²) < 4.78 is 65.0. The molecule has 0 fully saturated rings. The fraction of sp³-hybridized carbons (Fsp3) is 0.200. The average Bonchev–Trinajstić information content (AvgIpc) is 2.84. The Labute approximate surface area is 209 Å². The fourth-order valence-electron chi connectivity index (χ4n) is 3.77. The second-order valence-electron chi connectivity index (χ2n) is 8.48. The van der Waals surface area contributed by atoms with E-state index in [4.69, 9.17) is 0 Å². The van der Waals surface area contributed by atoms with E-state index in [-0.39, 0.29) is 45.3 Å². The molecule has 11 heteroatoms. The SMILES string of the molecule is Cc1ccc(S(=O)(=O)N(C)Cc2ccc(C(=O)N/N=C3\CCS(=O)(=O)c4ccc(F)cc43)cc2)cc1. The molecule has 0 unspecified atom stereocenters. The van der Waals surface area contributed by atoms with E-state index in [0.29, 0.717) is 5.56 Å². The molecule has 8 nitrogen and oxygen atoms in total. The highest BCUT2D eigenvalue weighted by molar-refractivity contribution is 7.91. The summed E-state index contributed by atoms with van der Waals surface area (Å²) in [4.78, 5) is 12.8. The van der Waals surface area contributed by atoms with Crippen LogP contribution in [-0.2, 0) is 26.4 Å². The Morgan fingerprint density at radius 1 is 1.06 bits per heavy atom. The molecule has 0 saturated heterocycles. The molecular formula is C25H24FN3O5S2. The van der Waals surface area contributed by atoms with Crippen LogP contribution in [-0.4, -0.2) is 45.6 Å². The molecule has 0 radical (unpaired) electrons. The van der Waals surface area contributed by atoms with Crippen LogP contribution in [0.4, 0.5) is 4.39 Å². The van der Waals surface area contributed by atoms with Crippen molar-refractivity contribution in [2.24, 2.45) is 5.10 Å². The van der Waals surface area contributed by atoms with Crippen molar-refractivity contribution >= 4 is 31.5 Å². The topological polar surface area (TPSA) is 113 Å². The van der Waals surface area contributed by atoms with Crippen molar-refractivity contribution in [1.82, 2.24) is 9.73 Å². The first-order valence-electron chi connectivity index (χ1n) is 11.0. The highest BCUT2D eigenvalue weighted by atomic mass is 32.2. The van der Waals surface area contributed by atoms with Crippen LogP contribution in [0.25, 0.3) is 0 Å². The Bertz CT molecular complexity index is 1550. The van der Waals surface area contributed by atoms with Gasteiger partial charge in [0, 0.05) is 31.1 Å². The molecule has 4 rings (SSSR count). The first-order chi connectivity index (χ1) is 17.0. The van der Waals surface area contributed by atoms with Gasteiger partial charge >= 0.3 is 0 Å². The standard InChI is InChI=1S/C25H24FN3O5S2/c1-17-3-10-21(11-4-17)36(33,34)29(2)16-18-5-7-19(8-6-18)25(30)28-27-23-13-14-35(31,32)24-12-9-20(26)15-22(23)24/h3-12,15H,13-14,16H2,1-2H3,(H,28,30)/b27-23+. The van der Waals surface area contributed by atoms with E-state index in [0.717, 1.165) is 17.7 Å². The lowest BCUT2D eigenvalue weighted by Crippen LogP contribution is -2.27. The summed E-state index contributed by atoms with van der Waals surface area (Å²) in [6.07, 6.45) is 0.0415. The third-order valence-electron chi connectivity index (χ3n) is 5.84. The van der Waals surface area contributed by atoms with Crippen LogP contribution in [0.1, 0.15) is 33.5 Å². The molecular weight excluding hydrogens is 505 g/mol. The monoisotopic (exact) mass is 529 g/mol. The van der Waals surface area contributed by atoms with E-state index in [9.17, 15) is 26.0 Å². The summed E-state index contributed by atoms with van der Waals surface area (Å²) in [5, 5.41) is 4.05. The first-order valence-corrected chi connectivity index (χ1v) is 14.1. The van der Waals surface area contributed by atoms with E-state index in [2.05, 4.69) is 10.5 Å². The number of benzene rings is 3. The summed E-state index contributed by atoms with van der Waals surface area (Å²) in [5.41, 5.74) is 4.71. The zero-order valence-electron chi connectivity index (χ0n) is 19.6. The number of rotatable bonds is 6. The van der Waals surface area contributed by atoms with Gasteiger partial charge in [-0.25, -0.2) is 26.7 Å². The van der Waals surface area contributed by atoms with Crippen molar-refractivity contribution in [3.05, 3.63) is 94.8 Å². The van der Waals surface area contributed by atoms with Crippen LogP contribution in [0.2, 0.25) is 0 Å². The summed E-state index contributed by atoms with van der Waals surface area (Å²) >= 11 is 0. The molecule has 0 spiro atoms. The first kappa shape index (κ1) is 25.7. The number of amides is 1. The van der Waals surface area contributed by atoms with Gasteiger partial charge in [-0.15, -0.1) is 0 Å². The number of halogens is 1. The molecule has 0 aromatic heterocycles. The third-order valence-corrected chi connectivity index (χ3v) is 9.42. The van der Waals surface area contributed by atoms with E-state index in [1.807, 2.05) is 6.92 Å². The molecule has 36 heavy (non-hydrogen) atoms. The number of aryl methyl sites for hydroxylation is 1. The molecule has 0 saturated carbocycles. The van der Waals surface area contributed by atoms with E-state index in [1.54, 1.807) is 36.4 Å². The van der Waals surface area contributed by atoms with Gasteiger partial charge in [-0.3, -0.25) is 4.79 Å². The van der Waals surface area contributed by atoms with Gasteiger partial charge in [0.25, 0.3) is 5.91 Å². The Hall–Kier alpha value is -3.41. The van der Waals surface area contributed by atoms with Crippen LogP contribution < -0.4 is 5.43 Å². The number of sulfone groups is 1. The molecule has 1 aliphatic rings. The van der Waals surface area contributed by atoms with Gasteiger partial charge in [0.05, 0.1) is 21.3 Å². The normalized spacial score (nSPS) is 16.1. The minimum absolute atomic E-state index is 0.0165. The number of fused-ring (bicyclic) bond motifs is 1. The van der Waals surface area contributed by atoms with Gasteiger partial charge in [-0.2, -0.15) is 9.41 Å². The van der Waals surface area contributed by atoms with E-state index >= 15 is 0 Å². The third kappa shape index (κ3) is 5.38. The Morgan fingerprint density at radius 2 is 1.72 bits per heavy atom. The molecule has 3 aromatic rings. The summed E-state index contributed by atoms with van der Waals surface area (Å²) in [6.45, 7) is 1.99. The number of hydrogen-bond donors (Lipinski definition) is 1. The molecule has 188 valence electrons. The predicted octanol–water partition coefficient (Wildman–Crippen LogP) is 3.27. The number of nitrogens with zero attached hydrogens (tertiary/aromatic N) is 2. The van der Waals surface area contributed by atoms with Crippen LogP contribution >= 0.6 is 0 Å². The Morgan fingerprint density at radius 3 is 2.39 bits per heavy atom. The van der Waals surface area contributed by atoms with Crippen molar-refractivity contribution in [2.75, 3.05) is 12.8 Å². The highest BCUT2D eigenvalue weighted by Crippen LogP contribution is 2.26. The smallest absolute Gasteiger partial charge is 0.267 e. The zero-order chi connectivity index (χ0) is 26.1. The molecule has 0 bridgehead atoms. The minimum Gasteiger partial charge on any atom is -0.267 e. The lowest BCUT2D eigenvalue weighted by molar-refractivity contribution is 0.0954. The largest absolute Gasteiger partial charge is 0.271 e. The van der Waals surface area contributed by atoms with Crippen LogP contribution in [0.3, 0.4) is 0 Å². The lowest BCUT2D eigenvalue weighted by atomic mass is 10.1. The molecule has 3 aromatic carbocycles. The van der Waals surface area contributed by atoms with Crippen LogP contribution in [0.15, 0.2) is 81.6 Å². The maximum absolute atomic E-state index is 13.7. The van der Waals surface area contributed by atoms with Crippen molar-refractivity contribution in [3.8, 4) is 0 Å². The number of hydrazone groups is 1. The second-order valence-corrected chi connectivity index (χ2v) is 12.6. The summed E-state index contributed by atoms with van der Waals surface area (Å²) in [5.74, 6) is -1.33. The van der Waals surface area contributed by atoms with Gasteiger partial charge in [0.15, 0.2) is 9.84 Å². The highest BCUT2D eigenvalue weighted by Gasteiger charge is 2.28. The number of carbonyl (C=O) groups excluding carboxylic acids is 1. The van der Waals surface area contributed by atoms with Crippen molar-refractivity contribution in [3.63, 3.8) is 0 Å². The second kappa shape index (κ2) is 9.92. The Balaban J connectivity index is 1.45. The van der Waals surface area contributed by atoms with Crippen molar-refractivity contribution in [1.29, 1.82) is 0 Å². The quantitative estimate of drug-likeness (QED) is 0.389. The molecule has 1 N–H and O–H groups in total. The Kier molecular flexibility index (Phi) is 7.07. The van der Waals surface area contributed by atoms with E-state index < -0.39 is 31.6 Å². The number of sulfonamides is 1. The van der Waals surface area contributed by atoms with Gasteiger partial charge in [-0.1, -0.05) is 29.8 Å². The zero-order valence-corrected chi connectivity index (χ0v) is 21.2. The van der Waals surface area contributed by atoms with E-state index in [1.165, 1.54) is 29.6 Å². The van der Waals surface area contributed by atoms with Crippen LogP contribution in [0, 0.1) is 12.7 Å². The molecule has 1 heterocycles. The molecule has 0 atom stereocenters. The predicted molar refractivity (Wildman–Crippen MR) is 133 cm³/mol.